The largest absolute Gasteiger partial charge is 0.398 e. The van der Waals surface area contributed by atoms with Crippen molar-refractivity contribution in [1.82, 2.24) is 4.90 Å². The lowest BCUT2D eigenvalue weighted by Gasteiger charge is -2.24. The van der Waals surface area contributed by atoms with Gasteiger partial charge in [-0.2, -0.15) is 0 Å². The van der Waals surface area contributed by atoms with Crippen LogP contribution in [-0.2, 0) is 9.53 Å². The molecule has 4 N–H and O–H groups in total. The average molecular weight is 275 g/mol. The van der Waals surface area contributed by atoms with Crippen LogP contribution in [0.5, 0.6) is 0 Å². The van der Waals surface area contributed by atoms with Crippen molar-refractivity contribution >= 4 is 23.4 Å². The Labute approximate surface area is 114 Å². The number of rotatable bonds is 1. The summed E-state index contributed by atoms with van der Waals surface area (Å²) in [6.45, 7) is 0.322. The summed E-state index contributed by atoms with van der Waals surface area (Å²) in [6.07, 6.45) is 0.273. The first kappa shape index (κ1) is 12.8. The zero-order valence-corrected chi connectivity index (χ0v) is 10.6. The Morgan fingerprint density at radius 1 is 1.30 bits per heavy atom. The number of fused-ring (bicyclic) bond motifs is 1. The standard InChI is InChI=1S/C13H13N3O4/c14-8-3-1-2-7-9(8)11(18)16(10(7)17)12(19)13(15)4-5-20-6-13/h1-3H,4-6,14-15H2. The summed E-state index contributed by atoms with van der Waals surface area (Å²) in [5.41, 5.74) is 10.7. The zero-order chi connectivity index (χ0) is 14.5. The monoisotopic (exact) mass is 275 g/mol. The maximum atomic E-state index is 12.4. The zero-order valence-electron chi connectivity index (χ0n) is 10.6. The Kier molecular flexibility index (Phi) is 2.63. The van der Waals surface area contributed by atoms with Gasteiger partial charge in [0.2, 0.25) is 0 Å². The van der Waals surface area contributed by atoms with Gasteiger partial charge in [-0.3, -0.25) is 14.4 Å². The Bertz CT molecular complexity index is 635. The fraction of sp³-hybridized carbons (Fsp3) is 0.308. The second-order valence-corrected chi connectivity index (χ2v) is 4.98. The Hall–Kier alpha value is -2.25. The third kappa shape index (κ3) is 1.57. The lowest BCUT2D eigenvalue weighted by molar-refractivity contribution is -0.131. The lowest BCUT2D eigenvalue weighted by atomic mass is 9.98. The second-order valence-electron chi connectivity index (χ2n) is 4.98. The topological polar surface area (TPSA) is 116 Å². The van der Waals surface area contributed by atoms with E-state index in [1.54, 1.807) is 6.07 Å². The fourth-order valence-corrected chi connectivity index (χ4v) is 2.47. The molecular formula is C13H13N3O4. The highest BCUT2D eigenvalue weighted by atomic mass is 16.5. The molecule has 1 saturated heterocycles. The fourth-order valence-electron chi connectivity index (χ4n) is 2.47. The van der Waals surface area contributed by atoms with E-state index in [9.17, 15) is 14.4 Å². The van der Waals surface area contributed by atoms with Crippen LogP contribution in [0.2, 0.25) is 0 Å². The number of hydrogen-bond donors (Lipinski definition) is 2. The lowest BCUT2D eigenvalue weighted by Crippen LogP contribution is -2.57. The third-order valence-corrected chi connectivity index (χ3v) is 3.63. The predicted molar refractivity (Wildman–Crippen MR) is 68.7 cm³/mol. The van der Waals surface area contributed by atoms with Gasteiger partial charge in [0.25, 0.3) is 17.7 Å². The molecule has 20 heavy (non-hydrogen) atoms. The van der Waals surface area contributed by atoms with Crippen LogP contribution in [-0.4, -0.2) is 41.4 Å². The molecule has 3 amide bonds. The molecule has 104 valence electrons. The van der Waals surface area contributed by atoms with Crippen molar-refractivity contribution in [3.8, 4) is 0 Å². The minimum absolute atomic E-state index is 0.00524. The summed E-state index contributed by atoms with van der Waals surface area (Å²) in [4.78, 5) is 37.5. The average Bonchev–Trinajstić information content (AvgIpc) is 2.95. The number of nitrogens with two attached hydrogens (primary N) is 2. The first-order valence-electron chi connectivity index (χ1n) is 6.14. The molecule has 0 bridgehead atoms. The highest BCUT2D eigenvalue weighted by molar-refractivity contribution is 6.31. The molecule has 0 aromatic heterocycles. The number of hydrogen-bond acceptors (Lipinski definition) is 6. The summed E-state index contributed by atoms with van der Waals surface area (Å²) in [6, 6.07) is 4.53. The van der Waals surface area contributed by atoms with Crippen LogP contribution >= 0.6 is 0 Å². The molecule has 1 aromatic carbocycles. The molecule has 7 nitrogen and oxygen atoms in total. The van der Waals surface area contributed by atoms with Crippen LogP contribution < -0.4 is 11.5 Å². The Morgan fingerprint density at radius 2 is 2.05 bits per heavy atom. The number of amides is 3. The minimum Gasteiger partial charge on any atom is -0.398 e. The van der Waals surface area contributed by atoms with Crippen LogP contribution in [0.15, 0.2) is 18.2 Å². The van der Waals surface area contributed by atoms with Crippen LogP contribution in [0.4, 0.5) is 5.69 Å². The number of ether oxygens (including phenoxy) is 1. The molecule has 3 rings (SSSR count). The number of nitrogen functional groups attached to an aromatic ring is 1. The molecule has 7 heteroatoms. The summed E-state index contributed by atoms with van der Waals surface area (Å²) < 4.78 is 5.09. The van der Waals surface area contributed by atoms with E-state index in [1.807, 2.05) is 0 Å². The summed E-state index contributed by atoms with van der Waals surface area (Å²) in [7, 11) is 0. The Balaban J connectivity index is 2.02. The molecule has 0 saturated carbocycles. The second kappa shape index (κ2) is 4.12. The van der Waals surface area contributed by atoms with Gasteiger partial charge in [0.15, 0.2) is 0 Å². The predicted octanol–water partition coefficient (Wildman–Crippen LogP) is -0.491. The minimum atomic E-state index is -1.33. The molecule has 1 atom stereocenters. The van der Waals surface area contributed by atoms with Gasteiger partial charge >= 0.3 is 0 Å². The van der Waals surface area contributed by atoms with Crippen LogP contribution in [0.25, 0.3) is 0 Å². The quantitative estimate of drug-likeness (QED) is 0.527. The first-order chi connectivity index (χ1) is 9.46. The molecule has 1 aromatic rings. The molecule has 0 spiro atoms. The summed E-state index contributed by atoms with van der Waals surface area (Å²) in [5, 5.41) is 0. The van der Waals surface area contributed by atoms with Crippen molar-refractivity contribution in [3.63, 3.8) is 0 Å². The van der Waals surface area contributed by atoms with E-state index in [-0.39, 0.29) is 29.8 Å². The number of imide groups is 3. The van der Waals surface area contributed by atoms with Gasteiger partial charge < -0.3 is 16.2 Å². The number of nitrogens with zero attached hydrogens (tertiary/aromatic N) is 1. The maximum Gasteiger partial charge on any atom is 0.270 e. The van der Waals surface area contributed by atoms with Gasteiger partial charge in [-0.05, 0) is 12.1 Å². The van der Waals surface area contributed by atoms with Crippen molar-refractivity contribution < 1.29 is 19.1 Å². The number of benzene rings is 1. The molecule has 1 fully saturated rings. The molecule has 0 radical (unpaired) electrons. The van der Waals surface area contributed by atoms with Crippen LogP contribution in [0.1, 0.15) is 27.1 Å². The first-order valence-corrected chi connectivity index (χ1v) is 6.14. The smallest absolute Gasteiger partial charge is 0.270 e. The van der Waals surface area contributed by atoms with E-state index in [4.69, 9.17) is 16.2 Å². The molecule has 2 heterocycles. The Morgan fingerprint density at radius 3 is 2.65 bits per heavy atom. The third-order valence-electron chi connectivity index (χ3n) is 3.63. The van der Waals surface area contributed by atoms with Gasteiger partial charge in [-0.15, -0.1) is 0 Å². The van der Waals surface area contributed by atoms with Gasteiger partial charge in [0.05, 0.1) is 17.7 Å². The van der Waals surface area contributed by atoms with Gasteiger partial charge in [-0.25, -0.2) is 4.90 Å². The number of carbonyl (C=O) groups excluding carboxylic acids is 3. The molecule has 1 unspecified atom stereocenters. The van der Waals surface area contributed by atoms with E-state index in [1.165, 1.54) is 12.1 Å². The van der Waals surface area contributed by atoms with Crippen molar-refractivity contribution in [2.24, 2.45) is 5.73 Å². The SMILES string of the molecule is Nc1cccc2c1C(=O)N(C(=O)C1(N)CCOC1)C2=O. The maximum absolute atomic E-state index is 12.4. The van der Waals surface area contributed by atoms with Crippen molar-refractivity contribution in [2.45, 2.75) is 12.0 Å². The molecular weight excluding hydrogens is 262 g/mol. The van der Waals surface area contributed by atoms with E-state index in [0.717, 1.165) is 0 Å². The highest BCUT2D eigenvalue weighted by Gasteiger charge is 2.49. The summed E-state index contributed by atoms with van der Waals surface area (Å²) in [5.74, 6) is -2.13. The highest BCUT2D eigenvalue weighted by Crippen LogP contribution is 2.30. The van der Waals surface area contributed by atoms with Gasteiger partial charge in [0, 0.05) is 18.7 Å². The van der Waals surface area contributed by atoms with Crippen molar-refractivity contribution in [1.29, 1.82) is 0 Å². The van der Waals surface area contributed by atoms with E-state index in [0.29, 0.717) is 11.5 Å². The van der Waals surface area contributed by atoms with Crippen LogP contribution in [0, 0.1) is 0 Å². The molecule has 2 aliphatic rings. The number of carbonyl (C=O) groups is 3. The van der Waals surface area contributed by atoms with E-state index in [2.05, 4.69) is 0 Å². The normalized spacial score (nSPS) is 25.1. The van der Waals surface area contributed by atoms with Crippen molar-refractivity contribution in [2.75, 3.05) is 18.9 Å². The van der Waals surface area contributed by atoms with E-state index >= 15 is 0 Å². The molecule has 0 aliphatic carbocycles. The van der Waals surface area contributed by atoms with Crippen molar-refractivity contribution in [3.05, 3.63) is 29.3 Å². The number of anilines is 1. The van der Waals surface area contributed by atoms with Gasteiger partial charge in [-0.1, -0.05) is 6.07 Å². The van der Waals surface area contributed by atoms with Gasteiger partial charge in [0.1, 0.15) is 5.54 Å². The summed E-state index contributed by atoms with van der Waals surface area (Å²) >= 11 is 0. The van der Waals surface area contributed by atoms with Crippen LogP contribution in [0.3, 0.4) is 0 Å². The molecule has 2 aliphatic heterocycles. The van der Waals surface area contributed by atoms with E-state index < -0.39 is 23.3 Å².